The summed E-state index contributed by atoms with van der Waals surface area (Å²) in [4.78, 5) is 15.7. The Morgan fingerprint density at radius 1 is 1.08 bits per heavy atom. The van der Waals surface area contributed by atoms with Crippen molar-refractivity contribution in [3.05, 3.63) is 60.2 Å². The molecule has 0 fully saturated rings. The summed E-state index contributed by atoms with van der Waals surface area (Å²) in [6.45, 7) is -0.0211. The highest BCUT2D eigenvalue weighted by Crippen LogP contribution is 2.24. The normalized spacial score (nSPS) is 10.7. The summed E-state index contributed by atoms with van der Waals surface area (Å²) < 4.78 is 17.6. The van der Waals surface area contributed by atoms with E-state index in [4.69, 9.17) is 10.5 Å². The van der Waals surface area contributed by atoms with E-state index in [9.17, 15) is 9.18 Å². The smallest absolute Gasteiger partial charge is 0.248 e. The minimum atomic E-state index is -0.451. The van der Waals surface area contributed by atoms with Crippen molar-refractivity contribution in [2.75, 3.05) is 13.3 Å². The molecule has 3 aromatic rings. The maximum atomic E-state index is 12.1. The van der Waals surface area contributed by atoms with E-state index in [0.717, 1.165) is 22.2 Å². The number of benzene rings is 2. The molecule has 0 aliphatic heterocycles. The Balaban J connectivity index is 1.85. The molecular formula is C19H17FN2O2. The molecule has 0 radical (unpaired) electrons. The van der Waals surface area contributed by atoms with E-state index < -0.39 is 5.91 Å². The highest BCUT2D eigenvalue weighted by atomic mass is 19.1. The molecule has 0 unspecified atom stereocenters. The number of carbonyl (C=O) groups excluding carboxylic acids is 1. The van der Waals surface area contributed by atoms with E-state index in [1.807, 2.05) is 42.5 Å². The van der Waals surface area contributed by atoms with Gasteiger partial charge in [0.25, 0.3) is 0 Å². The Labute approximate surface area is 139 Å². The van der Waals surface area contributed by atoms with Crippen LogP contribution in [-0.4, -0.2) is 24.2 Å². The molecule has 1 aromatic heterocycles. The first-order valence-electron chi connectivity index (χ1n) is 7.67. The second-order valence-electron chi connectivity index (χ2n) is 5.38. The molecule has 3 rings (SSSR count). The lowest BCUT2D eigenvalue weighted by molar-refractivity contribution is 0.100. The van der Waals surface area contributed by atoms with Gasteiger partial charge in [-0.05, 0) is 36.4 Å². The van der Waals surface area contributed by atoms with Gasteiger partial charge in [0, 0.05) is 22.9 Å². The van der Waals surface area contributed by atoms with Gasteiger partial charge in [0.15, 0.2) is 0 Å². The average Bonchev–Trinajstić information content (AvgIpc) is 2.61. The molecule has 4 nitrogen and oxygen atoms in total. The quantitative estimate of drug-likeness (QED) is 0.703. The molecule has 0 bridgehead atoms. The van der Waals surface area contributed by atoms with E-state index in [-0.39, 0.29) is 6.67 Å². The van der Waals surface area contributed by atoms with Crippen LogP contribution in [0.15, 0.2) is 54.6 Å². The number of aromatic nitrogens is 1. The third-order valence-corrected chi connectivity index (χ3v) is 3.67. The Morgan fingerprint density at radius 3 is 2.58 bits per heavy atom. The fourth-order valence-electron chi connectivity index (χ4n) is 2.40. The summed E-state index contributed by atoms with van der Waals surface area (Å²) in [6, 6.07) is 16.5. The Hall–Kier alpha value is -2.95. The summed E-state index contributed by atoms with van der Waals surface area (Å²) in [6.07, 6.45) is 0.385. The number of primary amides is 1. The van der Waals surface area contributed by atoms with Gasteiger partial charge in [-0.2, -0.15) is 0 Å². The molecule has 0 atom stereocenters. The van der Waals surface area contributed by atoms with Crippen molar-refractivity contribution in [1.82, 2.24) is 4.98 Å². The highest BCUT2D eigenvalue weighted by Gasteiger charge is 2.05. The van der Waals surface area contributed by atoms with Gasteiger partial charge in [-0.1, -0.05) is 18.2 Å². The molecule has 1 heterocycles. The zero-order valence-electron chi connectivity index (χ0n) is 13.0. The number of ether oxygens (including phenoxy) is 1. The first kappa shape index (κ1) is 15.9. The lowest BCUT2D eigenvalue weighted by Gasteiger charge is -2.07. The molecule has 5 heteroatoms. The fourth-order valence-corrected chi connectivity index (χ4v) is 2.40. The second kappa shape index (κ2) is 7.08. The van der Waals surface area contributed by atoms with Crippen LogP contribution in [0.1, 0.15) is 16.8 Å². The molecule has 0 aliphatic carbocycles. The Bertz CT molecular complexity index is 863. The standard InChI is InChI=1S/C19H17FN2O2/c20-10-1-11-24-16-7-9-18-15(12-16)6-8-17(22-18)13-2-4-14(5-3-13)19(21)23/h2-9,12H,1,10-11H2,(H2,21,23). The first-order valence-corrected chi connectivity index (χ1v) is 7.67. The molecule has 2 N–H and O–H groups in total. The van der Waals surface area contributed by atoms with Crippen LogP contribution in [0.2, 0.25) is 0 Å². The van der Waals surface area contributed by atoms with Gasteiger partial charge >= 0.3 is 0 Å². The minimum absolute atomic E-state index is 0.361. The molecule has 2 aromatic carbocycles. The number of fused-ring (bicyclic) bond motifs is 1. The van der Waals surface area contributed by atoms with Gasteiger partial charge in [-0.25, -0.2) is 4.98 Å². The van der Waals surface area contributed by atoms with Crippen LogP contribution in [0, 0.1) is 0 Å². The fraction of sp³-hybridized carbons (Fsp3) is 0.158. The largest absolute Gasteiger partial charge is 0.493 e. The molecular weight excluding hydrogens is 307 g/mol. The number of carbonyl (C=O) groups is 1. The lowest BCUT2D eigenvalue weighted by atomic mass is 10.1. The van der Waals surface area contributed by atoms with Crippen LogP contribution in [-0.2, 0) is 0 Å². The number of amides is 1. The maximum absolute atomic E-state index is 12.1. The molecule has 1 amide bonds. The van der Waals surface area contributed by atoms with E-state index in [2.05, 4.69) is 4.98 Å². The molecule has 122 valence electrons. The van der Waals surface area contributed by atoms with Crippen molar-refractivity contribution in [1.29, 1.82) is 0 Å². The Morgan fingerprint density at radius 2 is 1.88 bits per heavy atom. The van der Waals surface area contributed by atoms with Crippen LogP contribution in [0.25, 0.3) is 22.2 Å². The number of hydrogen-bond acceptors (Lipinski definition) is 3. The summed E-state index contributed by atoms with van der Waals surface area (Å²) in [5, 5.41) is 0.949. The van der Waals surface area contributed by atoms with Gasteiger partial charge in [0.1, 0.15) is 5.75 Å². The van der Waals surface area contributed by atoms with Crippen molar-refractivity contribution in [3.63, 3.8) is 0 Å². The third kappa shape index (κ3) is 3.51. The minimum Gasteiger partial charge on any atom is -0.493 e. The predicted octanol–water partition coefficient (Wildman–Crippen LogP) is 3.74. The number of halogens is 1. The Kier molecular flexibility index (Phi) is 4.70. The molecule has 0 saturated carbocycles. The van der Waals surface area contributed by atoms with E-state index in [0.29, 0.717) is 24.3 Å². The van der Waals surface area contributed by atoms with E-state index >= 15 is 0 Å². The van der Waals surface area contributed by atoms with Crippen molar-refractivity contribution in [2.45, 2.75) is 6.42 Å². The molecule has 24 heavy (non-hydrogen) atoms. The van der Waals surface area contributed by atoms with Gasteiger partial charge in [-0.3, -0.25) is 9.18 Å². The van der Waals surface area contributed by atoms with Gasteiger partial charge < -0.3 is 10.5 Å². The number of hydrogen-bond donors (Lipinski definition) is 1. The zero-order chi connectivity index (χ0) is 16.9. The SMILES string of the molecule is NC(=O)c1ccc(-c2ccc3cc(OCCCF)ccc3n2)cc1. The highest BCUT2D eigenvalue weighted by molar-refractivity contribution is 5.93. The summed E-state index contributed by atoms with van der Waals surface area (Å²) in [5.41, 5.74) is 8.27. The second-order valence-corrected chi connectivity index (χ2v) is 5.38. The lowest BCUT2D eigenvalue weighted by Crippen LogP contribution is -2.10. The van der Waals surface area contributed by atoms with Gasteiger partial charge in [-0.15, -0.1) is 0 Å². The zero-order valence-corrected chi connectivity index (χ0v) is 13.0. The molecule has 0 aliphatic rings. The topological polar surface area (TPSA) is 65.2 Å². The van der Waals surface area contributed by atoms with Crippen LogP contribution in [0.3, 0.4) is 0 Å². The predicted molar refractivity (Wildman–Crippen MR) is 91.8 cm³/mol. The van der Waals surface area contributed by atoms with Crippen LogP contribution in [0.5, 0.6) is 5.75 Å². The van der Waals surface area contributed by atoms with Crippen molar-refractivity contribution < 1.29 is 13.9 Å². The van der Waals surface area contributed by atoms with Crippen LogP contribution < -0.4 is 10.5 Å². The maximum Gasteiger partial charge on any atom is 0.248 e. The average molecular weight is 324 g/mol. The molecule has 0 spiro atoms. The van der Waals surface area contributed by atoms with E-state index in [1.54, 1.807) is 12.1 Å². The third-order valence-electron chi connectivity index (χ3n) is 3.67. The van der Waals surface area contributed by atoms with Crippen molar-refractivity contribution in [2.24, 2.45) is 5.73 Å². The van der Waals surface area contributed by atoms with Crippen LogP contribution in [0.4, 0.5) is 4.39 Å². The van der Waals surface area contributed by atoms with Crippen LogP contribution >= 0.6 is 0 Å². The van der Waals surface area contributed by atoms with Gasteiger partial charge in [0.2, 0.25) is 5.91 Å². The summed E-state index contributed by atoms with van der Waals surface area (Å²) >= 11 is 0. The first-order chi connectivity index (χ1) is 11.7. The van der Waals surface area contributed by atoms with Gasteiger partial charge in [0.05, 0.1) is 24.5 Å². The number of alkyl halides is 1. The monoisotopic (exact) mass is 324 g/mol. The van der Waals surface area contributed by atoms with Crippen molar-refractivity contribution >= 4 is 16.8 Å². The number of rotatable bonds is 6. The number of pyridine rings is 1. The summed E-state index contributed by atoms with van der Waals surface area (Å²) in [7, 11) is 0. The molecule has 0 saturated heterocycles. The number of nitrogens with two attached hydrogens (primary N) is 1. The number of nitrogens with zero attached hydrogens (tertiary/aromatic N) is 1. The van der Waals surface area contributed by atoms with E-state index in [1.165, 1.54) is 0 Å². The van der Waals surface area contributed by atoms with Crippen molar-refractivity contribution in [3.8, 4) is 17.0 Å². The summed E-state index contributed by atoms with van der Waals surface area (Å²) in [5.74, 6) is 0.254.